The standard InChI is InChI=1S/C11H13N3S/c1-15-10-4-2-9(3-5-10)14-8-11-12-6-7-13-11/h2-7,14H,8H2,1H3,(H,12,13). The lowest BCUT2D eigenvalue weighted by atomic mass is 10.3. The smallest absolute Gasteiger partial charge is 0.125 e. The van der Waals surface area contributed by atoms with Gasteiger partial charge in [-0.05, 0) is 30.5 Å². The Balaban J connectivity index is 1.93. The lowest BCUT2D eigenvalue weighted by Gasteiger charge is -2.04. The van der Waals surface area contributed by atoms with Gasteiger partial charge in [-0.2, -0.15) is 0 Å². The second kappa shape index (κ2) is 4.89. The third-order valence-corrected chi connectivity index (χ3v) is 2.85. The minimum absolute atomic E-state index is 0.728. The van der Waals surface area contributed by atoms with E-state index in [4.69, 9.17) is 0 Å². The molecule has 2 rings (SSSR count). The van der Waals surface area contributed by atoms with Crippen molar-refractivity contribution in [3.05, 3.63) is 42.5 Å². The van der Waals surface area contributed by atoms with Crippen LogP contribution in [-0.4, -0.2) is 16.2 Å². The summed E-state index contributed by atoms with van der Waals surface area (Å²) in [6.45, 7) is 0.728. The molecule has 0 aliphatic heterocycles. The van der Waals surface area contributed by atoms with Crippen molar-refractivity contribution in [2.45, 2.75) is 11.4 Å². The molecule has 0 amide bonds. The lowest BCUT2D eigenvalue weighted by molar-refractivity contribution is 1.000. The highest BCUT2D eigenvalue weighted by atomic mass is 32.2. The maximum absolute atomic E-state index is 4.14. The van der Waals surface area contributed by atoms with Crippen molar-refractivity contribution >= 4 is 17.4 Å². The Morgan fingerprint density at radius 2 is 2.13 bits per heavy atom. The molecule has 0 atom stereocenters. The molecule has 0 radical (unpaired) electrons. The van der Waals surface area contributed by atoms with E-state index in [0.29, 0.717) is 0 Å². The number of aromatic nitrogens is 2. The van der Waals surface area contributed by atoms with E-state index in [-0.39, 0.29) is 0 Å². The summed E-state index contributed by atoms with van der Waals surface area (Å²) in [6.07, 6.45) is 5.66. The summed E-state index contributed by atoms with van der Waals surface area (Å²) >= 11 is 1.75. The van der Waals surface area contributed by atoms with Gasteiger partial charge in [0.1, 0.15) is 5.82 Å². The van der Waals surface area contributed by atoms with Gasteiger partial charge in [0.25, 0.3) is 0 Å². The predicted molar refractivity (Wildman–Crippen MR) is 64.1 cm³/mol. The van der Waals surface area contributed by atoms with E-state index >= 15 is 0 Å². The first-order valence-corrected chi connectivity index (χ1v) is 5.97. The molecular weight excluding hydrogens is 206 g/mol. The van der Waals surface area contributed by atoms with E-state index < -0.39 is 0 Å². The van der Waals surface area contributed by atoms with Gasteiger partial charge in [-0.25, -0.2) is 4.98 Å². The van der Waals surface area contributed by atoms with Gasteiger partial charge in [0.15, 0.2) is 0 Å². The number of benzene rings is 1. The number of anilines is 1. The molecule has 0 saturated heterocycles. The number of hydrogen-bond donors (Lipinski definition) is 2. The number of nitrogens with one attached hydrogen (secondary N) is 2. The fourth-order valence-electron chi connectivity index (χ4n) is 1.29. The van der Waals surface area contributed by atoms with Crippen LogP contribution in [0, 0.1) is 0 Å². The van der Waals surface area contributed by atoms with Gasteiger partial charge in [-0.3, -0.25) is 0 Å². The minimum Gasteiger partial charge on any atom is -0.378 e. The van der Waals surface area contributed by atoms with Crippen LogP contribution in [0.5, 0.6) is 0 Å². The van der Waals surface area contributed by atoms with Crippen molar-refractivity contribution in [1.29, 1.82) is 0 Å². The number of H-pyrrole nitrogens is 1. The Labute approximate surface area is 93.3 Å². The number of rotatable bonds is 4. The molecule has 78 valence electrons. The Morgan fingerprint density at radius 1 is 1.33 bits per heavy atom. The van der Waals surface area contributed by atoms with E-state index in [0.717, 1.165) is 18.1 Å². The summed E-state index contributed by atoms with van der Waals surface area (Å²) in [5, 5.41) is 3.30. The minimum atomic E-state index is 0.728. The van der Waals surface area contributed by atoms with Gasteiger partial charge >= 0.3 is 0 Å². The summed E-state index contributed by atoms with van der Waals surface area (Å²) in [6, 6.07) is 8.37. The fraction of sp³-hybridized carbons (Fsp3) is 0.182. The van der Waals surface area contributed by atoms with Gasteiger partial charge in [0, 0.05) is 23.0 Å². The zero-order chi connectivity index (χ0) is 10.5. The molecule has 4 heteroatoms. The summed E-state index contributed by atoms with van der Waals surface area (Å²) < 4.78 is 0. The molecule has 2 N–H and O–H groups in total. The van der Waals surface area contributed by atoms with E-state index in [1.807, 2.05) is 6.20 Å². The highest BCUT2D eigenvalue weighted by Crippen LogP contribution is 2.17. The first-order valence-electron chi connectivity index (χ1n) is 4.74. The molecule has 1 aromatic heterocycles. The molecule has 1 heterocycles. The summed E-state index contributed by atoms with van der Waals surface area (Å²) in [7, 11) is 0. The van der Waals surface area contributed by atoms with Crippen molar-refractivity contribution in [2.75, 3.05) is 11.6 Å². The first-order chi connectivity index (χ1) is 7.38. The van der Waals surface area contributed by atoms with E-state index in [2.05, 4.69) is 45.8 Å². The average molecular weight is 219 g/mol. The Morgan fingerprint density at radius 3 is 2.73 bits per heavy atom. The molecule has 0 aliphatic rings. The number of nitrogens with zero attached hydrogens (tertiary/aromatic N) is 1. The summed E-state index contributed by atoms with van der Waals surface area (Å²) in [4.78, 5) is 8.47. The second-order valence-electron chi connectivity index (χ2n) is 3.12. The topological polar surface area (TPSA) is 40.7 Å². The Kier molecular flexibility index (Phi) is 3.29. The zero-order valence-corrected chi connectivity index (χ0v) is 9.34. The zero-order valence-electron chi connectivity index (χ0n) is 8.53. The molecule has 15 heavy (non-hydrogen) atoms. The van der Waals surface area contributed by atoms with Crippen LogP contribution in [0.4, 0.5) is 5.69 Å². The third-order valence-electron chi connectivity index (χ3n) is 2.10. The number of hydrogen-bond acceptors (Lipinski definition) is 3. The van der Waals surface area contributed by atoms with Crippen molar-refractivity contribution < 1.29 is 0 Å². The number of imidazole rings is 1. The van der Waals surface area contributed by atoms with Gasteiger partial charge < -0.3 is 10.3 Å². The molecule has 1 aromatic carbocycles. The largest absolute Gasteiger partial charge is 0.378 e. The average Bonchev–Trinajstić information content (AvgIpc) is 2.80. The molecule has 0 fully saturated rings. The van der Waals surface area contributed by atoms with E-state index in [1.54, 1.807) is 18.0 Å². The van der Waals surface area contributed by atoms with Crippen LogP contribution in [0.1, 0.15) is 5.82 Å². The molecule has 2 aromatic rings. The summed E-state index contributed by atoms with van der Waals surface area (Å²) in [5.41, 5.74) is 1.12. The predicted octanol–water partition coefficient (Wildman–Crippen LogP) is 2.74. The second-order valence-corrected chi connectivity index (χ2v) is 4.00. The van der Waals surface area contributed by atoms with Crippen LogP contribution in [0.3, 0.4) is 0 Å². The van der Waals surface area contributed by atoms with Crippen LogP contribution >= 0.6 is 11.8 Å². The SMILES string of the molecule is CSc1ccc(NCc2ncc[nH]2)cc1. The normalized spacial score (nSPS) is 10.2. The highest BCUT2D eigenvalue weighted by Gasteiger charge is 1.95. The van der Waals surface area contributed by atoms with Crippen LogP contribution < -0.4 is 5.32 Å². The Bertz CT molecular complexity index is 394. The van der Waals surface area contributed by atoms with E-state index in [9.17, 15) is 0 Å². The van der Waals surface area contributed by atoms with Crippen LogP contribution in [-0.2, 0) is 6.54 Å². The molecule has 3 nitrogen and oxygen atoms in total. The van der Waals surface area contributed by atoms with Crippen molar-refractivity contribution in [3.63, 3.8) is 0 Å². The molecule has 0 aliphatic carbocycles. The van der Waals surface area contributed by atoms with E-state index in [1.165, 1.54) is 4.90 Å². The molecule has 0 unspecified atom stereocenters. The highest BCUT2D eigenvalue weighted by molar-refractivity contribution is 7.98. The van der Waals surface area contributed by atoms with Gasteiger partial charge in [0.2, 0.25) is 0 Å². The Hall–Kier alpha value is -1.42. The number of thioether (sulfide) groups is 1. The molecule has 0 bridgehead atoms. The van der Waals surface area contributed by atoms with Gasteiger partial charge in [0.05, 0.1) is 6.54 Å². The van der Waals surface area contributed by atoms with Crippen LogP contribution in [0.15, 0.2) is 41.6 Å². The van der Waals surface area contributed by atoms with Crippen LogP contribution in [0.2, 0.25) is 0 Å². The fourth-order valence-corrected chi connectivity index (χ4v) is 1.70. The third kappa shape index (κ3) is 2.76. The number of aromatic amines is 1. The summed E-state index contributed by atoms with van der Waals surface area (Å²) in [5.74, 6) is 0.948. The molecule has 0 saturated carbocycles. The van der Waals surface area contributed by atoms with Gasteiger partial charge in [-0.1, -0.05) is 0 Å². The first kappa shape index (κ1) is 10.1. The monoisotopic (exact) mass is 219 g/mol. The molecular formula is C11H13N3S. The van der Waals surface area contributed by atoms with Crippen LogP contribution in [0.25, 0.3) is 0 Å². The maximum atomic E-state index is 4.14. The van der Waals surface area contributed by atoms with Gasteiger partial charge in [-0.15, -0.1) is 11.8 Å². The van der Waals surface area contributed by atoms with Crippen molar-refractivity contribution in [1.82, 2.24) is 9.97 Å². The quantitative estimate of drug-likeness (QED) is 0.777. The van der Waals surface area contributed by atoms with Crippen molar-refractivity contribution in [2.24, 2.45) is 0 Å². The maximum Gasteiger partial charge on any atom is 0.125 e. The lowest BCUT2D eigenvalue weighted by Crippen LogP contribution is -2.00. The molecule has 0 spiro atoms. The van der Waals surface area contributed by atoms with Crippen molar-refractivity contribution in [3.8, 4) is 0 Å².